The molecule has 0 spiro atoms. The van der Waals surface area contributed by atoms with E-state index in [4.69, 9.17) is 0 Å². The molecule has 0 fully saturated rings. The molecule has 0 aliphatic heterocycles. The van der Waals surface area contributed by atoms with Gasteiger partial charge in [-0.15, -0.1) is 5.10 Å². The second-order valence-electron chi connectivity index (χ2n) is 7.12. The van der Waals surface area contributed by atoms with E-state index in [1.807, 2.05) is 21.0 Å². The Labute approximate surface area is 176 Å². The standard InChI is InChI=1S/C19H23N7O3S/c1-11-6-14(8-15(7-11)30(28)29)17(27)22-13(3)16-23-19(25(4)5)24-26(16)18-20-9-12(2)10-21-18/h6-10,13H,1-5H3,(H,22,27)(H,28,29)/t13-/m0/s1. The van der Waals surface area contributed by atoms with E-state index in [0.717, 1.165) is 5.56 Å². The minimum atomic E-state index is -2.18. The van der Waals surface area contributed by atoms with E-state index >= 15 is 0 Å². The van der Waals surface area contributed by atoms with Crippen LogP contribution in [-0.2, 0) is 11.1 Å². The van der Waals surface area contributed by atoms with Gasteiger partial charge in [-0.3, -0.25) is 4.79 Å². The van der Waals surface area contributed by atoms with Gasteiger partial charge in [-0.1, -0.05) is 0 Å². The fourth-order valence-corrected chi connectivity index (χ4v) is 3.26. The number of carbonyl (C=O) groups is 1. The quantitative estimate of drug-likeness (QED) is 0.568. The van der Waals surface area contributed by atoms with Gasteiger partial charge >= 0.3 is 0 Å². The largest absolute Gasteiger partial charge is 0.346 e. The summed E-state index contributed by atoms with van der Waals surface area (Å²) in [5.74, 6) is 0.841. The molecule has 1 unspecified atom stereocenters. The highest BCUT2D eigenvalue weighted by Crippen LogP contribution is 2.19. The Morgan fingerprint density at radius 1 is 1.17 bits per heavy atom. The third kappa shape index (κ3) is 4.69. The third-order valence-corrected chi connectivity index (χ3v) is 4.87. The Kier molecular flexibility index (Phi) is 6.22. The average molecular weight is 430 g/mol. The van der Waals surface area contributed by atoms with Gasteiger partial charge in [0.25, 0.3) is 11.9 Å². The van der Waals surface area contributed by atoms with E-state index in [-0.39, 0.29) is 10.5 Å². The van der Waals surface area contributed by atoms with Crippen LogP contribution in [0.5, 0.6) is 0 Å². The SMILES string of the molecule is Cc1cnc(-n2nc(N(C)C)nc2[C@H](C)NC(=O)c2cc(C)cc(S(=O)O)c2)nc1. The molecule has 158 valence electrons. The lowest BCUT2D eigenvalue weighted by Gasteiger charge is -2.14. The Morgan fingerprint density at radius 2 is 1.83 bits per heavy atom. The van der Waals surface area contributed by atoms with Crippen molar-refractivity contribution < 1.29 is 13.6 Å². The number of aromatic nitrogens is 5. The van der Waals surface area contributed by atoms with E-state index in [1.54, 1.807) is 43.3 Å². The molecule has 0 radical (unpaired) electrons. The molecule has 0 saturated carbocycles. The number of amides is 1. The zero-order chi connectivity index (χ0) is 22.0. The Hall–Kier alpha value is -3.18. The smallest absolute Gasteiger partial charge is 0.252 e. The molecule has 2 heterocycles. The lowest BCUT2D eigenvalue weighted by molar-refractivity contribution is 0.0937. The van der Waals surface area contributed by atoms with Gasteiger partial charge in [-0.25, -0.2) is 14.2 Å². The third-order valence-electron chi connectivity index (χ3n) is 4.23. The molecule has 2 N–H and O–H groups in total. The molecular formula is C19H23N7O3S. The van der Waals surface area contributed by atoms with Crippen LogP contribution < -0.4 is 10.2 Å². The van der Waals surface area contributed by atoms with Gasteiger partial charge in [-0.2, -0.15) is 9.67 Å². The molecular weight excluding hydrogens is 406 g/mol. The van der Waals surface area contributed by atoms with Crippen molar-refractivity contribution in [3.05, 3.63) is 53.1 Å². The topological polar surface area (TPSA) is 126 Å². The van der Waals surface area contributed by atoms with Crippen molar-refractivity contribution in [3.8, 4) is 5.95 Å². The minimum Gasteiger partial charge on any atom is -0.346 e. The summed E-state index contributed by atoms with van der Waals surface area (Å²) in [6, 6.07) is 4.07. The van der Waals surface area contributed by atoms with Crippen LogP contribution in [0.15, 0.2) is 35.5 Å². The van der Waals surface area contributed by atoms with Gasteiger partial charge < -0.3 is 14.8 Å². The van der Waals surface area contributed by atoms with Gasteiger partial charge in [0, 0.05) is 32.1 Å². The lowest BCUT2D eigenvalue weighted by Crippen LogP contribution is -2.29. The van der Waals surface area contributed by atoms with Gasteiger partial charge in [-0.05, 0) is 50.1 Å². The molecule has 1 amide bonds. The van der Waals surface area contributed by atoms with Crippen molar-refractivity contribution >= 4 is 22.9 Å². The number of nitrogens with zero attached hydrogens (tertiary/aromatic N) is 6. The number of nitrogens with one attached hydrogen (secondary N) is 1. The van der Waals surface area contributed by atoms with Crippen LogP contribution in [0.2, 0.25) is 0 Å². The van der Waals surface area contributed by atoms with Crippen molar-refractivity contribution in [2.75, 3.05) is 19.0 Å². The van der Waals surface area contributed by atoms with Gasteiger partial charge in [0.1, 0.15) is 0 Å². The predicted molar refractivity (Wildman–Crippen MR) is 112 cm³/mol. The first-order chi connectivity index (χ1) is 14.2. The van der Waals surface area contributed by atoms with Crippen LogP contribution in [0.4, 0.5) is 5.95 Å². The average Bonchev–Trinajstić information content (AvgIpc) is 3.14. The summed E-state index contributed by atoms with van der Waals surface area (Å²) in [4.78, 5) is 27.8. The summed E-state index contributed by atoms with van der Waals surface area (Å²) in [5.41, 5.74) is 1.90. The maximum absolute atomic E-state index is 12.8. The summed E-state index contributed by atoms with van der Waals surface area (Å²) in [6.07, 6.45) is 3.35. The molecule has 0 bridgehead atoms. The van der Waals surface area contributed by atoms with E-state index in [9.17, 15) is 13.6 Å². The van der Waals surface area contributed by atoms with E-state index in [1.165, 1.54) is 10.7 Å². The zero-order valence-electron chi connectivity index (χ0n) is 17.3. The summed E-state index contributed by atoms with van der Waals surface area (Å²) in [7, 11) is 3.62. The maximum atomic E-state index is 12.8. The van der Waals surface area contributed by atoms with Crippen molar-refractivity contribution in [2.24, 2.45) is 0 Å². The second-order valence-corrected chi connectivity index (χ2v) is 8.09. The van der Waals surface area contributed by atoms with Crippen molar-refractivity contribution in [1.29, 1.82) is 0 Å². The van der Waals surface area contributed by atoms with Crippen molar-refractivity contribution in [1.82, 2.24) is 30.0 Å². The van der Waals surface area contributed by atoms with Crippen molar-refractivity contribution in [3.63, 3.8) is 0 Å². The molecule has 10 nitrogen and oxygen atoms in total. The number of aryl methyl sites for hydroxylation is 2. The molecule has 0 aliphatic carbocycles. The predicted octanol–water partition coefficient (Wildman–Crippen LogP) is 1.81. The van der Waals surface area contributed by atoms with E-state index in [2.05, 4.69) is 25.4 Å². The summed E-state index contributed by atoms with van der Waals surface area (Å²) >= 11 is -2.18. The number of anilines is 1. The van der Waals surface area contributed by atoms with Crippen LogP contribution in [0.1, 0.15) is 40.3 Å². The molecule has 3 rings (SSSR count). The molecule has 11 heteroatoms. The fourth-order valence-electron chi connectivity index (χ4n) is 2.75. The first kappa shape index (κ1) is 21.5. The summed E-state index contributed by atoms with van der Waals surface area (Å²) in [6.45, 7) is 5.41. The number of hydrogen-bond donors (Lipinski definition) is 2. The van der Waals surface area contributed by atoms with E-state index < -0.39 is 23.0 Å². The van der Waals surface area contributed by atoms with Gasteiger partial charge in [0.2, 0.25) is 5.95 Å². The maximum Gasteiger partial charge on any atom is 0.252 e. The number of carbonyl (C=O) groups excluding carboxylic acids is 1. The summed E-state index contributed by atoms with van der Waals surface area (Å²) < 4.78 is 22.2. The molecule has 0 saturated heterocycles. The van der Waals surface area contributed by atoms with Crippen molar-refractivity contribution in [2.45, 2.75) is 31.7 Å². The molecule has 1 aromatic carbocycles. The molecule has 3 aromatic rings. The first-order valence-electron chi connectivity index (χ1n) is 9.12. The lowest BCUT2D eigenvalue weighted by atomic mass is 10.1. The first-order valence-corrected chi connectivity index (χ1v) is 10.2. The van der Waals surface area contributed by atoms with E-state index in [0.29, 0.717) is 23.3 Å². The Balaban J connectivity index is 1.93. The van der Waals surface area contributed by atoms with Gasteiger partial charge in [0.05, 0.1) is 10.9 Å². The molecule has 2 atom stereocenters. The Bertz CT molecular complexity index is 1100. The highest BCUT2D eigenvalue weighted by molar-refractivity contribution is 7.79. The summed E-state index contributed by atoms with van der Waals surface area (Å²) in [5, 5.41) is 7.31. The van der Waals surface area contributed by atoms with Crippen LogP contribution in [-0.4, -0.2) is 53.5 Å². The minimum absolute atomic E-state index is 0.166. The monoisotopic (exact) mass is 429 g/mol. The second kappa shape index (κ2) is 8.67. The fraction of sp³-hybridized carbons (Fsp3) is 0.316. The normalized spacial score (nSPS) is 13.0. The van der Waals surface area contributed by atoms with Crippen LogP contribution in [0.3, 0.4) is 0 Å². The van der Waals surface area contributed by atoms with Gasteiger partial charge in [0.15, 0.2) is 16.9 Å². The molecule has 0 aliphatic rings. The molecule has 2 aromatic heterocycles. The number of benzene rings is 1. The molecule has 30 heavy (non-hydrogen) atoms. The number of rotatable bonds is 6. The zero-order valence-corrected chi connectivity index (χ0v) is 18.1. The van der Waals surface area contributed by atoms with Crippen LogP contribution in [0.25, 0.3) is 5.95 Å². The van der Waals surface area contributed by atoms with Crippen LogP contribution >= 0.6 is 0 Å². The van der Waals surface area contributed by atoms with Crippen LogP contribution in [0, 0.1) is 13.8 Å². The Morgan fingerprint density at radius 3 is 2.43 bits per heavy atom. The number of hydrogen-bond acceptors (Lipinski definition) is 7. The highest BCUT2D eigenvalue weighted by Gasteiger charge is 2.22. The highest BCUT2D eigenvalue weighted by atomic mass is 32.2.